The fourth-order valence-corrected chi connectivity index (χ4v) is 7.94. The molecule has 0 aliphatic heterocycles. The van der Waals surface area contributed by atoms with E-state index in [0.717, 1.165) is 0 Å². The average Bonchev–Trinajstić information content (AvgIpc) is 2.58. The zero-order valence-corrected chi connectivity index (χ0v) is 14.5. The first-order valence-electron chi connectivity index (χ1n) is 7.82. The Kier molecular flexibility index (Phi) is 5.69. The van der Waals surface area contributed by atoms with Gasteiger partial charge in [-0.3, -0.25) is 0 Å². The van der Waals surface area contributed by atoms with Gasteiger partial charge in [0, 0.05) is 0 Å². The number of halogens is 1. The van der Waals surface area contributed by atoms with Gasteiger partial charge in [0.05, 0.1) is 5.66 Å². The van der Waals surface area contributed by atoms with Crippen molar-refractivity contribution in [3.63, 3.8) is 0 Å². The van der Waals surface area contributed by atoms with Crippen molar-refractivity contribution in [2.75, 3.05) is 0 Å². The minimum absolute atomic E-state index is 0. The highest BCUT2D eigenvalue weighted by Crippen LogP contribution is 2.59. The molecule has 0 nitrogen and oxygen atoms in total. The Bertz CT molecular complexity index is 612. The summed E-state index contributed by atoms with van der Waals surface area (Å²) in [5, 5.41) is 4.38. The molecule has 0 radical (unpaired) electrons. The molecule has 0 bridgehead atoms. The van der Waals surface area contributed by atoms with E-state index >= 15 is 0 Å². The summed E-state index contributed by atoms with van der Waals surface area (Å²) in [4.78, 5) is 0. The van der Waals surface area contributed by atoms with Crippen LogP contribution in [0.1, 0.15) is 13.8 Å². The highest BCUT2D eigenvalue weighted by atomic mass is 31.2. The molecule has 0 amide bonds. The van der Waals surface area contributed by atoms with E-state index in [0.29, 0.717) is 5.66 Å². The van der Waals surface area contributed by atoms with Crippen LogP contribution in [0.3, 0.4) is 0 Å². The van der Waals surface area contributed by atoms with Gasteiger partial charge in [0.15, 0.2) is 0 Å². The van der Waals surface area contributed by atoms with Crippen molar-refractivity contribution in [3.8, 4) is 0 Å². The first kappa shape index (κ1) is 17.4. The fourth-order valence-electron chi connectivity index (χ4n) is 3.33. The van der Waals surface area contributed by atoms with Crippen molar-refractivity contribution in [1.82, 2.24) is 0 Å². The third kappa shape index (κ3) is 3.07. The van der Waals surface area contributed by atoms with Gasteiger partial charge in [-0.15, -0.1) is 0 Å². The maximum absolute atomic E-state index is 2.36. The summed E-state index contributed by atoms with van der Waals surface area (Å²) in [7, 11) is -1.63. The van der Waals surface area contributed by atoms with E-state index < -0.39 is 7.26 Å². The molecule has 0 aliphatic rings. The van der Waals surface area contributed by atoms with Crippen LogP contribution in [0.15, 0.2) is 91.0 Å². The molecule has 3 rings (SSSR count). The minimum Gasteiger partial charge on any atom is -1.00 e. The summed E-state index contributed by atoms with van der Waals surface area (Å²) in [5.41, 5.74) is 0.555. The summed E-state index contributed by atoms with van der Waals surface area (Å²) in [5.74, 6) is 0. The summed E-state index contributed by atoms with van der Waals surface area (Å²) in [6.45, 7) is 4.72. The molecule has 0 atom stereocenters. The molecule has 0 saturated carbocycles. The van der Waals surface area contributed by atoms with E-state index in [-0.39, 0.29) is 4.70 Å². The van der Waals surface area contributed by atoms with Crippen molar-refractivity contribution >= 4 is 23.2 Å². The predicted molar refractivity (Wildman–Crippen MR) is 100 cm³/mol. The monoisotopic (exact) mass is 324 g/mol. The van der Waals surface area contributed by atoms with Gasteiger partial charge >= 0.3 is 0 Å². The van der Waals surface area contributed by atoms with E-state index in [1.54, 1.807) is 0 Å². The second-order valence-corrected chi connectivity index (χ2v) is 9.85. The van der Waals surface area contributed by atoms with Crippen LogP contribution in [0.2, 0.25) is 0 Å². The molecule has 23 heavy (non-hydrogen) atoms. The number of rotatable bonds is 4. The second-order valence-electron chi connectivity index (χ2n) is 5.82. The van der Waals surface area contributed by atoms with Crippen LogP contribution in [-0.4, -0.2) is 5.66 Å². The third-order valence-corrected chi connectivity index (χ3v) is 9.15. The molecule has 0 aliphatic carbocycles. The molecular weight excluding hydrogens is 302 g/mol. The van der Waals surface area contributed by atoms with E-state index in [2.05, 4.69) is 105 Å². The lowest BCUT2D eigenvalue weighted by Crippen LogP contribution is -3.00. The highest BCUT2D eigenvalue weighted by molar-refractivity contribution is 7.96. The molecule has 0 N–H and O–H groups in total. The van der Waals surface area contributed by atoms with Crippen LogP contribution < -0.4 is 20.6 Å². The summed E-state index contributed by atoms with van der Waals surface area (Å²) >= 11 is 0. The molecule has 0 unspecified atom stereocenters. The Morgan fingerprint density at radius 1 is 0.522 bits per heavy atom. The standard InChI is InChI=1S/C21H22P.FH/c1-18(2)22(19-12-6-3-7-13-19,20-14-8-4-9-15-20)21-16-10-5-11-17-21;/h3-18H,1-2H3;1H/q+1;/p-1. The molecule has 118 valence electrons. The molecule has 2 heteroatoms. The van der Waals surface area contributed by atoms with Crippen LogP contribution in [0.25, 0.3) is 0 Å². The molecule has 3 aromatic rings. The zero-order valence-electron chi connectivity index (χ0n) is 13.6. The van der Waals surface area contributed by atoms with Gasteiger partial charge in [-0.2, -0.15) is 0 Å². The molecule has 0 saturated heterocycles. The summed E-state index contributed by atoms with van der Waals surface area (Å²) in [6.07, 6.45) is 0. The van der Waals surface area contributed by atoms with Crippen LogP contribution >= 0.6 is 7.26 Å². The smallest absolute Gasteiger partial charge is 0.114 e. The maximum atomic E-state index is 2.36. The quantitative estimate of drug-likeness (QED) is 0.637. The number of benzene rings is 3. The van der Waals surface area contributed by atoms with Gasteiger partial charge in [-0.1, -0.05) is 54.6 Å². The largest absolute Gasteiger partial charge is 1.00 e. The lowest BCUT2D eigenvalue weighted by molar-refractivity contribution is -0.00000438. The number of hydrogen-bond donors (Lipinski definition) is 0. The van der Waals surface area contributed by atoms with Gasteiger partial charge in [0.1, 0.15) is 23.2 Å². The van der Waals surface area contributed by atoms with E-state index in [1.165, 1.54) is 15.9 Å². The molecule has 0 spiro atoms. The molecule has 3 aromatic carbocycles. The van der Waals surface area contributed by atoms with Crippen LogP contribution in [-0.2, 0) is 0 Å². The SMILES string of the molecule is CC(C)[P+](c1ccccc1)(c1ccccc1)c1ccccc1.[F-]. The first-order valence-corrected chi connectivity index (χ1v) is 9.67. The summed E-state index contributed by atoms with van der Waals surface area (Å²) < 4.78 is 0. The van der Waals surface area contributed by atoms with Gasteiger partial charge < -0.3 is 4.70 Å². The fraction of sp³-hybridized carbons (Fsp3) is 0.143. The average molecular weight is 324 g/mol. The Hall–Kier alpha value is -1.98. The van der Waals surface area contributed by atoms with Crippen molar-refractivity contribution in [1.29, 1.82) is 0 Å². The normalized spacial score (nSPS) is 11.1. The minimum atomic E-state index is -1.63. The van der Waals surface area contributed by atoms with Gasteiger partial charge in [-0.25, -0.2) is 0 Å². The van der Waals surface area contributed by atoms with E-state index in [9.17, 15) is 0 Å². The molecule has 0 heterocycles. The number of hydrogen-bond acceptors (Lipinski definition) is 0. The second kappa shape index (κ2) is 7.53. The van der Waals surface area contributed by atoms with Crippen molar-refractivity contribution in [3.05, 3.63) is 91.0 Å². The molecule has 0 fully saturated rings. The van der Waals surface area contributed by atoms with Crippen molar-refractivity contribution in [2.45, 2.75) is 19.5 Å². The lowest BCUT2D eigenvalue weighted by atomic mass is 10.3. The van der Waals surface area contributed by atoms with E-state index in [1.807, 2.05) is 0 Å². The third-order valence-electron chi connectivity index (χ3n) is 4.26. The van der Waals surface area contributed by atoms with Gasteiger partial charge in [0.25, 0.3) is 0 Å². The topological polar surface area (TPSA) is 0 Å². The van der Waals surface area contributed by atoms with Crippen LogP contribution in [0.4, 0.5) is 0 Å². The zero-order chi connectivity index (χ0) is 15.4. The first-order chi connectivity index (χ1) is 10.8. The van der Waals surface area contributed by atoms with Crippen LogP contribution in [0.5, 0.6) is 0 Å². The van der Waals surface area contributed by atoms with Gasteiger partial charge in [-0.05, 0) is 50.2 Å². The Balaban J connectivity index is 0.00000192. The van der Waals surface area contributed by atoms with Crippen LogP contribution in [0, 0.1) is 0 Å². The maximum Gasteiger partial charge on any atom is 0.114 e. The Morgan fingerprint density at radius 2 is 0.783 bits per heavy atom. The lowest BCUT2D eigenvalue weighted by Gasteiger charge is -2.31. The van der Waals surface area contributed by atoms with Crippen molar-refractivity contribution in [2.24, 2.45) is 0 Å². The Morgan fingerprint density at radius 3 is 1.00 bits per heavy atom. The summed E-state index contributed by atoms with van der Waals surface area (Å²) in [6, 6.07) is 33.1. The predicted octanol–water partition coefficient (Wildman–Crippen LogP) is 1.39. The van der Waals surface area contributed by atoms with Gasteiger partial charge in [0.2, 0.25) is 0 Å². The highest BCUT2D eigenvalue weighted by Gasteiger charge is 2.48. The molecular formula is C21H22FP. The van der Waals surface area contributed by atoms with Crippen molar-refractivity contribution < 1.29 is 4.70 Å². The van der Waals surface area contributed by atoms with E-state index in [4.69, 9.17) is 0 Å². The Labute approximate surface area is 138 Å². The molecule has 0 aromatic heterocycles.